The lowest BCUT2D eigenvalue weighted by molar-refractivity contribution is 0.0605. The van der Waals surface area contributed by atoms with Crippen LogP contribution >= 0.6 is 34.3 Å². The number of aromatic nitrogens is 2. The van der Waals surface area contributed by atoms with Crippen molar-refractivity contribution in [1.82, 2.24) is 9.97 Å². The quantitative estimate of drug-likeness (QED) is 0.714. The van der Waals surface area contributed by atoms with E-state index in [0.29, 0.717) is 25.7 Å². The number of hydrogen-bond donors (Lipinski definition) is 1. The van der Waals surface area contributed by atoms with Gasteiger partial charge in [-0.3, -0.25) is 4.79 Å². The molecule has 3 aromatic rings. The van der Waals surface area contributed by atoms with Gasteiger partial charge in [-0.05, 0) is 41.0 Å². The summed E-state index contributed by atoms with van der Waals surface area (Å²) < 4.78 is 4.73. The molecule has 23 heavy (non-hydrogen) atoms. The minimum Gasteiger partial charge on any atom is -0.465 e. The predicted octanol–water partition coefficient (Wildman–Crippen LogP) is 3.88. The molecule has 0 radical (unpaired) electrons. The molecule has 0 amide bonds. The molecule has 0 aliphatic rings. The highest BCUT2D eigenvalue weighted by molar-refractivity contribution is 7.20. The van der Waals surface area contributed by atoms with Crippen LogP contribution in [0.2, 0.25) is 0 Å². The summed E-state index contributed by atoms with van der Waals surface area (Å²) in [5.74, 6) is -0.209. The highest BCUT2D eigenvalue weighted by Gasteiger charge is 2.20. The Labute approximate surface area is 144 Å². The van der Waals surface area contributed by atoms with Crippen molar-refractivity contribution in [1.29, 1.82) is 0 Å². The van der Waals surface area contributed by atoms with Crippen LogP contribution in [0.3, 0.4) is 0 Å². The van der Waals surface area contributed by atoms with Gasteiger partial charge in [0.25, 0.3) is 5.56 Å². The first-order chi connectivity index (χ1) is 11.0. The summed E-state index contributed by atoms with van der Waals surface area (Å²) in [6.45, 7) is 1.70. The van der Waals surface area contributed by atoms with Crippen molar-refractivity contribution in [3.8, 4) is 0 Å². The molecule has 0 aliphatic carbocycles. The van der Waals surface area contributed by atoms with Crippen LogP contribution in [0.15, 0.2) is 21.6 Å². The van der Waals surface area contributed by atoms with E-state index in [2.05, 4.69) is 9.97 Å². The van der Waals surface area contributed by atoms with Gasteiger partial charge in [0, 0.05) is 0 Å². The molecule has 0 fully saturated rings. The summed E-state index contributed by atoms with van der Waals surface area (Å²) in [5, 5.41) is 4.58. The lowest BCUT2D eigenvalue weighted by atomic mass is 10.2. The molecule has 8 heteroatoms. The second kappa shape index (κ2) is 6.27. The highest BCUT2D eigenvalue weighted by atomic mass is 35.5. The summed E-state index contributed by atoms with van der Waals surface area (Å²) in [7, 11) is 1.30. The second-order valence-corrected chi connectivity index (χ2v) is 6.88. The number of thiophene rings is 2. The number of carbonyl (C=O) groups excluding carboxylic acids is 1. The van der Waals surface area contributed by atoms with Gasteiger partial charge >= 0.3 is 5.97 Å². The van der Waals surface area contributed by atoms with Gasteiger partial charge in [-0.25, -0.2) is 9.78 Å². The van der Waals surface area contributed by atoms with E-state index in [1.54, 1.807) is 24.3 Å². The van der Waals surface area contributed by atoms with E-state index in [1.807, 2.05) is 16.8 Å². The van der Waals surface area contributed by atoms with E-state index in [9.17, 15) is 9.59 Å². The fourth-order valence-electron chi connectivity index (χ4n) is 2.12. The molecule has 0 aliphatic heterocycles. The van der Waals surface area contributed by atoms with Crippen LogP contribution in [-0.2, 0) is 4.74 Å². The number of ether oxygens (including phenoxy) is 1. The van der Waals surface area contributed by atoms with E-state index >= 15 is 0 Å². The number of esters is 1. The number of nitrogens with one attached hydrogen (secondary N) is 1. The molecule has 118 valence electrons. The van der Waals surface area contributed by atoms with Gasteiger partial charge in [0.2, 0.25) is 0 Å². The van der Waals surface area contributed by atoms with Gasteiger partial charge in [-0.2, -0.15) is 11.3 Å². The number of aryl methyl sites for hydroxylation is 1. The SMILES string of the molecule is COC(=O)c1sc2nc(C(Cl)=Cc3ccsc3)[nH]c(=O)c2c1C. The van der Waals surface area contributed by atoms with E-state index in [-0.39, 0.29) is 11.4 Å². The molecule has 0 atom stereocenters. The van der Waals surface area contributed by atoms with E-state index in [0.717, 1.165) is 16.9 Å². The van der Waals surface area contributed by atoms with Crippen LogP contribution in [0, 0.1) is 6.92 Å². The van der Waals surface area contributed by atoms with Crippen LogP contribution in [0.5, 0.6) is 0 Å². The van der Waals surface area contributed by atoms with Crippen LogP contribution in [0.1, 0.15) is 26.6 Å². The summed E-state index contributed by atoms with van der Waals surface area (Å²) in [6.07, 6.45) is 1.73. The van der Waals surface area contributed by atoms with Crippen LogP contribution in [-0.4, -0.2) is 23.0 Å². The van der Waals surface area contributed by atoms with Gasteiger partial charge < -0.3 is 9.72 Å². The summed E-state index contributed by atoms with van der Waals surface area (Å²) >= 11 is 8.92. The minimum atomic E-state index is -0.480. The van der Waals surface area contributed by atoms with Gasteiger partial charge in [0.15, 0.2) is 5.82 Å². The zero-order valence-corrected chi connectivity index (χ0v) is 14.6. The van der Waals surface area contributed by atoms with Crippen LogP contribution in [0.4, 0.5) is 0 Å². The maximum absolute atomic E-state index is 12.3. The van der Waals surface area contributed by atoms with Gasteiger partial charge in [0.05, 0.1) is 17.5 Å². The summed E-state index contributed by atoms with van der Waals surface area (Å²) in [4.78, 5) is 31.9. The van der Waals surface area contributed by atoms with Crippen LogP contribution in [0.25, 0.3) is 21.3 Å². The Morgan fingerprint density at radius 2 is 2.26 bits per heavy atom. The molecular formula is C15H11ClN2O3S2. The highest BCUT2D eigenvalue weighted by Crippen LogP contribution is 2.29. The monoisotopic (exact) mass is 366 g/mol. The van der Waals surface area contributed by atoms with Crippen molar-refractivity contribution in [2.45, 2.75) is 6.92 Å². The number of fused-ring (bicyclic) bond motifs is 1. The molecule has 0 saturated heterocycles. The van der Waals surface area contributed by atoms with Crippen molar-refractivity contribution >= 4 is 61.6 Å². The lowest BCUT2D eigenvalue weighted by Gasteiger charge is -1.99. The van der Waals surface area contributed by atoms with Crippen molar-refractivity contribution in [3.05, 3.63) is 49.0 Å². The molecule has 0 unspecified atom stereocenters. The predicted molar refractivity (Wildman–Crippen MR) is 94.4 cm³/mol. The minimum absolute atomic E-state index is 0.271. The first-order valence-electron chi connectivity index (χ1n) is 6.52. The fourth-order valence-corrected chi connectivity index (χ4v) is 4.05. The first kappa shape index (κ1) is 15.9. The molecule has 5 nitrogen and oxygen atoms in total. The Morgan fingerprint density at radius 1 is 1.48 bits per heavy atom. The molecule has 0 saturated carbocycles. The van der Waals surface area contributed by atoms with Crippen molar-refractivity contribution < 1.29 is 9.53 Å². The zero-order chi connectivity index (χ0) is 16.6. The van der Waals surface area contributed by atoms with E-state index in [1.165, 1.54) is 7.11 Å². The standard InChI is InChI=1S/C15H11ClN2O3S2/c1-7-10-13(19)17-12(9(16)5-8-3-4-22-6-8)18-14(10)23-11(7)15(20)21-2/h3-6H,1-2H3,(H,17,18,19). The Kier molecular flexibility index (Phi) is 4.34. The molecular weight excluding hydrogens is 356 g/mol. The Morgan fingerprint density at radius 3 is 2.91 bits per heavy atom. The van der Waals surface area contributed by atoms with E-state index in [4.69, 9.17) is 16.3 Å². The largest absolute Gasteiger partial charge is 0.465 e. The third kappa shape index (κ3) is 2.95. The zero-order valence-electron chi connectivity index (χ0n) is 12.2. The van der Waals surface area contributed by atoms with Crippen molar-refractivity contribution in [3.63, 3.8) is 0 Å². The average molecular weight is 367 g/mol. The van der Waals surface area contributed by atoms with Crippen molar-refractivity contribution in [2.75, 3.05) is 7.11 Å². The Bertz CT molecular complexity index is 971. The number of hydrogen-bond acceptors (Lipinski definition) is 6. The molecule has 0 bridgehead atoms. The van der Waals surface area contributed by atoms with Gasteiger partial charge in [-0.15, -0.1) is 11.3 Å². The maximum atomic E-state index is 12.3. The molecule has 3 heterocycles. The number of rotatable bonds is 3. The smallest absolute Gasteiger partial charge is 0.348 e. The second-order valence-electron chi connectivity index (χ2n) is 4.69. The molecule has 3 rings (SSSR count). The van der Waals surface area contributed by atoms with Gasteiger partial charge in [-0.1, -0.05) is 11.6 Å². The maximum Gasteiger partial charge on any atom is 0.348 e. The normalized spacial score (nSPS) is 11.9. The lowest BCUT2D eigenvalue weighted by Crippen LogP contribution is -2.10. The number of nitrogens with zero attached hydrogens (tertiary/aromatic N) is 1. The number of carbonyl (C=O) groups is 1. The summed E-state index contributed by atoms with van der Waals surface area (Å²) in [5.41, 5.74) is 1.17. The Balaban J connectivity index is 2.15. The molecule has 3 aromatic heterocycles. The average Bonchev–Trinajstić information content (AvgIpc) is 3.14. The third-order valence-electron chi connectivity index (χ3n) is 3.23. The van der Waals surface area contributed by atoms with Gasteiger partial charge in [0.1, 0.15) is 9.71 Å². The first-order valence-corrected chi connectivity index (χ1v) is 8.66. The van der Waals surface area contributed by atoms with E-state index < -0.39 is 5.97 Å². The summed E-state index contributed by atoms with van der Waals surface area (Å²) in [6, 6.07) is 1.91. The van der Waals surface area contributed by atoms with Crippen molar-refractivity contribution in [2.24, 2.45) is 0 Å². The third-order valence-corrected chi connectivity index (χ3v) is 5.39. The number of halogens is 1. The number of H-pyrrole nitrogens is 1. The molecule has 0 spiro atoms. The fraction of sp³-hybridized carbons (Fsp3) is 0.133. The Hall–Kier alpha value is -1.96. The molecule has 1 N–H and O–H groups in total. The number of aromatic amines is 1. The van der Waals surface area contributed by atoms with Crippen LogP contribution < -0.4 is 5.56 Å². The molecule has 0 aromatic carbocycles. The topological polar surface area (TPSA) is 72.0 Å². The number of methoxy groups -OCH3 is 1.